The molecule has 3 N–H and O–H groups in total. The fraction of sp³-hybridized carbons (Fsp3) is 0.533. The van der Waals surface area contributed by atoms with Crippen LogP contribution in [-0.2, 0) is 7.05 Å². The lowest BCUT2D eigenvalue weighted by Crippen LogP contribution is -2.39. The topological polar surface area (TPSA) is 55.9 Å². The summed E-state index contributed by atoms with van der Waals surface area (Å²) in [5.74, 6) is 0.934. The van der Waals surface area contributed by atoms with E-state index in [2.05, 4.69) is 28.0 Å². The third-order valence-electron chi connectivity index (χ3n) is 4.17. The third kappa shape index (κ3) is 2.45. The number of anilines is 1. The van der Waals surface area contributed by atoms with Gasteiger partial charge in [-0.3, -0.25) is 0 Å². The van der Waals surface area contributed by atoms with Gasteiger partial charge in [-0.2, -0.15) is 0 Å². The lowest BCUT2D eigenvalue weighted by atomic mass is 10.0. The molecular weight excluding hydrogens is 236 g/mol. The first-order chi connectivity index (χ1) is 9.25. The number of imidazole rings is 1. The molecule has 1 aromatic heterocycles. The van der Waals surface area contributed by atoms with Gasteiger partial charge in [0, 0.05) is 19.1 Å². The number of hydrogen-bond acceptors (Lipinski definition) is 3. The maximum absolute atomic E-state index is 6.27. The molecule has 0 saturated heterocycles. The van der Waals surface area contributed by atoms with Gasteiger partial charge < -0.3 is 15.6 Å². The summed E-state index contributed by atoms with van der Waals surface area (Å²) >= 11 is 0. The van der Waals surface area contributed by atoms with Crippen LogP contribution in [0.2, 0.25) is 0 Å². The summed E-state index contributed by atoms with van der Waals surface area (Å²) in [6, 6.07) is 8.80. The fourth-order valence-electron chi connectivity index (χ4n) is 2.96. The van der Waals surface area contributed by atoms with E-state index in [9.17, 15) is 0 Å². The highest BCUT2D eigenvalue weighted by Gasteiger charge is 2.21. The van der Waals surface area contributed by atoms with Crippen molar-refractivity contribution in [2.24, 2.45) is 12.8 Å². The molecule has 2 unspecified atom stereocenters. The van der Waals surface area contributed by atoms with Crippen molar-refractivity contribution in [2.45, 2.75) is 44.2 Å². The molecule has 1 heterocycles. The molecule has 102 valence electrons. The highest BCUT2D eigenvalue weighted by molar-refractivity contribution is 5.78. The van der Waals surface area contributed by atoms with Crippen LogP contribution >= 0.6 is 0 Å². The van der Waals surface area contributed by atoms with Crippen LogP contribution in [-0.4, -0.2) is 21.6 Å². The molecule has 0 amide bonds. The van der Waals surface area contributed by atoms with E-state index in [4.69, 9.17) is 5.73 Å². The van der Waals surface area contributed by atoms with Crippen molar-refractivity contribution in [1.82, 2.24) is 9.55 Å². The Balaban J connectivity index is 1.86. The Bertz CT molecular complexity index is 560. The Morgan fingerprint density at radius 2 is 2.00 bits per heavy atom. The number of rotatable bonds is 2. The van der Waals surface area contributed by atoms with Gasteiger partial charge in [0.25, 0.3) is 0 Å². The summed E-state index contributed by atoms with van der Waals surface area (Å²) in [5, 5.41) is 3.56. The average molecular weight is 258 g/mol. The van der Waals surface area contributed by atoms with E-state index in [-0.39, 0.29) is 6.04 Å². The summed E-state index contributed by atoms with van der Waals surface area (Å²) in [4.78, 5) is 4.67. The first kappa shape index (κ1) is 12.5. The van der Waals surface area contributed by atoms with E-state index in [0.29, 0.717) is 6.04 Å². The first-order valence-corrected chi connectivity index (χ1v) is 7.19. The Labute approximate surface area is 114 Å². The van der Waals surface area contributed by atoms with Crippen LogP contribution in [0.5, 0.6) is 0 Å². The van der Waals surface area contributed by atoms with Gasteiger partial charge in [-0.05, 0) is 25.0 Å². The molecule has 2 atom stereocenters. The summed E-state index contributed by atoms with van der Waals surface area (Å²) < 4.78 is 2.12. The molecule has 1 fully saturated rings. The van der Waals surface area contributed by atoms with Crippen LogP contribution in [0.4, 0.5) is 5.95 Å². The SMILES string of the molecule is Cn1c(NC2CCCCCC2N)nc2ccccc21. The molecule has 0 radical (unpaired) electrons. The first-order valence-electron chi connectivity index (χ1n) is 7.19. The number of nitrogens with one attached hydrogen (secondary N) is 1. The summed E-state index contributed by atoms with van der Waals surface area (Å²) in [7, 11) is 2.06. The number of para-hydroxylation sites is 2. The number of nitrogens with two attached hydrogens (primary N) is 1. The van der Waals surface area contributed by atoms with Crippen molar-refractivity contribution in [3.05, 3.63) is 24.3 Å². The number of hydrogen-bond donors (Lipinski definition) is 2. The molecule has 0 bridgehead atoms. The van der Waals surface area contributed by atoms with Crippen LogP contribution < -0.4 is 11.1 Å². The Kier molecular flexibility index (Phi) is 3.42. The lowest BCUT2D eigenvalue weighted by molar-refractivity contribution is 0.524. The smallest absolute Gasteiger partial charge is 0.203 e. The van der Waals surface area contributed by atoms with E-state index < -0.39 is 0 Å². The van der Waals surface area contributed by atoms with Gasteiger partial charge >= 0.3 is 0 Å². The van der Waals surface area contributed by atoms with E-state index in [1.807, 2.05) is 18.2 Å². The molecule has 0 aliphatic heterocycles. The Morgan fingerprint density at radius 3 is 2.84 bits per heavy atom. The van der Waals surface area contributed by atoms with Crippen molar-refractivity contribution < 1.29 is 0 Å². The molecule has 1 saturated carbocycles. The number of aromatic nitrogens is 2. The number of benzene rings is 1. The van der Waals surface area contributed by atoms with Gasteiger partial charge in [-0.15, -0.1) is 0 Å². The van der Waals surface area contributed by atoms with Crippen LogP contribution in [0, 0.1) is 0 Å². The van der Waals surface area contributed by atoms with Crippen molar-refractivity contribution >= 4 is 17.0 Å². The maximum atomic E-state index is 6.27. The van der Waals surface area contributed by atoms with Crippen LogP contribution in [0.3, 0.4) is 0 Å². The molecule has 0 spiro atoms. The second-order valence-corrected chi connectivity index (χ2v) is 5.54. The third-order valence-corrected chi connectivity index (χ3v) is 4.17. The van der Waals surface area contributed by atoms with Crippen molar-refractivity contribution in [2.75, 3.05) is 5.32 Å². The van der Waals surface area contributed by atoms with Crippen LogP contribution in [0.15, 0.2) is 24.3 Å². The zero-order chi connectivity index (χ0) is 13.2. The van der Waals surface area contributed by atoms with Crippen molar-refractivity contribution in [1.29, 1.82) is 0 Å². The monoisotopic (exact) mass is 258 g/mol. The fourth-order valence-corrected chi connectivity index (χ4v) is 2.96. The molecule has 4 nitrogen and oxygen atoms in total. The zero-order valence-corrected chi connectivity index (χ0v) is 11.5. The summed E-state index contributed by atoms with van der Waals surface area (Å²) in [5.41, 5.74) is 8.47. The van der Waals surface area contributed by atoms with Gasteiger partial charge in [0.15, 0.2) is 0 Å². The minimum absolute atomic E-state index is 0.238. The van der Waals surface area contributed by atoms with Gasteiger partial charge in [-0.1, -0.05) is 31.4 Å². The maximum Gasteiger partial charge on any atom is 0.203 e. The van der Waals surface area contributed by atoms with Crippen LogP contribution in [0.1, 0.15) is 32.1 Å². The lowest BCUT2D eigenvalue weighted by Gasteiger charge is -2.23. The second-order valence-electron chi connectivity index (χ2n) is 5.54. The Hall–Kier alpha value is -1.55. The predicted molar refractivity (Wildman–Crippen MR) is 79.2 cm³/mol. The minimum Gasteiger partial charge on any atom is -0.351 e. The van der Waals surface area contributed by atoms with E-state index in [1.54, 1.807) is 0 Å². The number of nitrogens with zero attached hydrogens (tertiary/aromatic N) is 2. The van der Waals surface area contributed by atoms with Gasteiger partial charge in [0.1, 0.15) is 0 Å². The van der Waals surface area contributed by atoms with Crippen LogP contribution in [0.25, 0.3) is 11.0 Å². The van der Waals surface area contributed by atoms with Gasteiger partial charge in [-0.25, -0.2) is 4.98 Å². The molecule has 2 aromatic rings. The molecular formula is C15H22N4. The normalized spacial score (nSPS) is 24.3. The average Bonchev–Trinajstić information content (AvgIpc) is 2.59. The molecule has 1 aliphatic rings. The summed E-state index contributed by atoms with van der Waals surface area (Å²) in [6.45, 7) is 0. The van der Waals surface area contributed by atoms with Gasteiger partial charge in [0.05, 0.1) is 11.0 Å². The summed E-state index contributed by atoms with van der Waals surface area (Å²) in [6.07, 6.45) is 6.07. The molecule has 1 aliphatic carbocycles. The quantitative estimate of drug-likeness (QED) is 0.814. The van der Waals surface area contributed by atoms with Crippen molar-refractivity contribution in [3.8, 4) is 0 Å². The Morgan fingerprint density at radius 1 is 1.21 bits per heavy atom. The van der Waals surface area contributed by atoms with Crippen molar-refractivity contribution in [3.63, 3.8) is 0 Å². The van der Waals surface area contributed by atoms with E-state index in [1.165, 1.54) is 19.3 Å². The largest absolute Gasteiger partial charge is 0.351 e. The molecule has 1 aromatic carbocycles. The highest BCUT2D eigenvalue weighted by Crippen LogP contribution is 2.22. The highest BCUT2D eigenvalue weighted by atomic mass is 15.2. The molecule has 3 rings (SSSR count). The standard InChI is InChI=1S/C15H22N4/c1-19-14-10-6-5-9-13(14)18-15(19)17-12-8-4-2-3-7-11(12)16/h5-6,9-12H,2-4,7-8,16H2,1H3,(H,17,18). The minimum atomic E-state index is 0.238. The zero-order valence-electron chi connectivity index (χ0n) is 11.5. The number of fused-ring (bicyclic) bond motifs is 1. The predicted octanol–water partition coefficient (Wildman–Crippen LogP) is 2.65. The van der Waals surface area contributed by atoms with E-state index in [0.717, 1.165) is 29.8 Å². The number of aryl methyl sites for hydroxylation is 1. The van der Waals surface area contributed by atoms with E-state index >= 15 is 0 Å². The van der Waals surface area contributed by atoms with Gasteiger partial charge in [0.2, 0.25) is 5.95 Å². The second kappa shape index (κ2) is 5.21. The molecule has 19 heavy (non-hydrogen) atoms. The molecule has 4 heteroatoms.